The van der Waals surface area contributed by atoms with Gasteiger partial charge in [0, 0.05) is 17.9 Å². The van der Waals surface area contributed by atoms with Crippen LogP contribution >= 0.6 is 0 Å². The summed E-state index contributed by atoms with van der Waals surface area (Å²) >= 11 is 0. The van der Waals surface area contributed by atoms with Crippen molar-refractivity contribution in [2.24, 2.45) is 29.4 Å². The number of ether oxygens (including phenoxy) is 1. The number of aliphatic hydroxyl groups is 1. The molecular weight excluding hydrogens is 506 g/mol. The molecule has 8 nitrogen and oxygen atoms in total. The first-order valence-corrected chi connectivity index (χ1v) is 15.2. The Hall–Kier alpha value is -2.45. The normalized spacial score (nSPS) is 20.9. The van der Waals surface area contributed by atoms with Crippen LogP contribution in [0.4, 0.5) is 0 Å². The van der Waals surface area contributed by atoms with Crippen LogP contribution < -0.4 is 16.4 Å². The van der Waals surface area contributed by atoms with E-state index >= 15 is 0 Å². The van der Waals surface area contributed by atoms with Crippen LogP contribution in [-0.2, 0) is 19.1 Å². The molecule has 5 N–H and O–H groups in total. The van der Waals surface area contributed by atoms with Crippen molar-refractivity contribution >= 4 is 17.8 Å². The highest BCUT2D eigenvalue weighted by atomic mass is 16.5. The molecule has 40 heavy (non-hydrogen) atoms. The van der Waals surface area contributed by atoms with E-state index in [0.29, 0.717) is 6.42 Å². The Kier molecular flexibility index (Phi) is 14.1. The van der Waals surface area contributed by atoms with Gasteiger partial charge in [-0.2, -0.15) is 0 Å². The summed E-state index contributed by atoms with van der Waals surface area (Å²) in [4.78, 5) is 38.6. The monoisotopic (exact) mass is 559 g/mol. The van der Waals surface area contributed by atoms with Crippen LogP contribution in [0.3, 0.4) is 0 Å². The van der Waals surface area contributed by atoms with Crippen LogP contribution in [-0.4, -0.2) is 54.2 Å². The minimum Gasteiger partial charge on any atom is -0.467 e. The number of hydrogen-bond donors (Lipinski definition) is 4. The molecule has 0 spiro atoms. The number of rotatable bonds is 16. The Bertz CT molecular complexity index is 922. The average molecular weight is 560 g/mol. The fourth-order valence-corrected chi connectivity index (χ4v) is 6.03. The van der Waals surface area contributed by atoms with Gasteiger partial charge < -0.3 is 26.2 Å². The summed E-state index contributed by atoms with van der Waals surface area (Å²) in [7, 11) is 1.30. The Labute approximate surface area is 241 Å². The fraction of sp³-hybridized carbons (Fsp3) is 0.719. The zero-order chi connectivity index (χ0) is 29.8. The lowest BCUT2D eigenvalue weighted by Gasteiger charge is -2.29. The number of nitrogens with two attached hydrogens (primary N) is 1. The lowest BCUT2D eigenvalue weighted by atomic mass is 9.83. The van der Waals surface area contributed by atoms with E-state index < -0.39 is 24.2 Å². The van der Waals surface area contributed by atoms with Crippen molar-refractivity contribution in [2.75, 3.05) is 7.11 Å². The third-order valence-corrected chi connectivity index (χ3v) is 8.47. The van der Waals surface area contributed by atoms with Gasteiger partial charge in [0.25, 0.3) is 0 Å². The summed E-state index contributed by atoms with van der Waals surface area (Å²) in [6, 6.07) is 8.32. The van der Waals surface area contributed by atoms with Crippen LogP contribution in [0, 0.1) is 23.7 Å². The van der Waals surface area contributed by atoms with Gasteiger partial charge in [-0.05, 0) is 55.4 Å². The van der Waals surface area contributed by atoms with Crippen LogP contribution in [0.25, 0.3) is 0 Å². The van der Waals surface area contributed by atoms with Crippen LogP contribution in [0.2, 0.25) is 0 Å². The molecule has 2 amide bonds. The Morgan fingerprint density at radius 2 is 1.65 bits per heavy atom. The maximum absolute atomic E-state index is 13.4. The highest BCUT2D eigenvalue weighted by molar-refractivity contribution is 5.91. The molecule has 226 valence electrons. The molecule has 8 heteroatoms. The first kappa shape index (κ1) is 33.8. The summed E-state index contributed by atoms with van der Waals surface area (Å²) in [5, 5.41) is 16.7. The van der Waals surface area contributed by atoms with Crippen molar-refractivity contribution in [3.63, 3.8) is 0 Å². The van der Waals surface area contributed by atoms with E-state index in [9.17, 15) is 19.5 Å². The predicted molar refractivity (Wildman–Crippen MR) is 158 cm³/mol. The summed E-state index contributed by atoms with van der Waals surface area (Å²) < 4.78 is 4.84. The molecule has 1 aromatic carbocycles. The number of aliphatic hydroxyl groups excluding tert-OH is 1. The van der Waals surface area contributed by atoms with Gasteiger partial charge in [-0.1, -0.05) is 84.2 Å². The summed E-state index contributed by atoms with van der Waals surface area (Å²) in [5.74, 6) is -1.13. The number of methoxy groups -OCH3 is 1. The van der Waals surface area contributed by atoms with Gasteiger partial charge in [0.2, 0.25) is 11.8 Å². The minimum absolute atomic E-state index is 0.111. The van der Waals surface area contributed by atoms with Crippen molar-refractivity contribution in [3.05, 3.63) is 35.9 Å². The molecular formula is C32H53N3O5. The smallest absolute Gasteiger partial charge is 0.328 e. The van der Waals surface area contributed by atoms with Crippen LogP contribution in [0.15, 0.2) is 30.3 Å². The van der Waals surface area contributed by atoms with Gasteiger partial charge >= 0.3 is 5.97 Å². The van der Waals surface area contributed by atoms with Crippen LogP contribution in [0.1, 0.15) is 97.5 Å². The lowest BCUT2D eigenvalue weighted by Crippen LogP contribution is -2.56. The molecule has 0 heterocycles. The topological polar surface area (TPSA) is 131 Å². The first-order chi connectivity index (χ1) is 19.0. The first-order valence-electron chi connectivity index (χ1n) is 15.2. The average Bonchev–Trinajstić information content (AvgIpc) is 3.41. The highest BCUT2D eigenvalue weighted by Crippen LogP contribution is 2.36. The number of hydrogen-bond acceptors (Lipinski definition) is 6. The van der Waals surface area contributed by atoms with Gasteiger partial charge in [-0.25, -0.2) is 4.79 Å². The molecule has 1 saturated carbocycles. The fourth-order valence-electron chi connectivity index (χ4n) is 6.03. The molecule has 0 aliphatic heterocycles. The molecule has 2 rings (SSSR count). The maximum atomic E-state index is 13.4. The second kappa shape index (κ2) is 16.7. The Balaban J connectivity index is 1.95. The molecule has 1 aromatic rings. The zero-order valence-electron chi connectivity index (χ0n) is 25.4. The minimum atomic E-state index is -0.772. The number of esters is 1. The largest absolute Gasteiger partial charge is 0.467 e. The molecule has 0 aromatic heterocycles. The number of nitrogens with one attached hydrogen (secondary N) is 2. The predicted octanol–water partition coefficient (Wildman–Crippen LogP) is 4.30. The van der Waals surface area contributed by atoms with Gasteiger partial charge in [-0.15, -0.1) is 0 Å². The Morgan fingerprint density at radius 3 is 2.23 bits per heavy atom. The molecule has 5 unspecified atom stereocenters. The van der Waals surface area contributed by atoms with E-state index in [-0.39, 0.29) is 47.4 Å². The van der Waals surface area contributed by atoms with Crippen molar-refractivity contribution < 1.29 is 24.2 Å². The van der Waals surface area contributed by atoms with Gasteiger partial charge in [-0.3, -0.25) is 9.59 Å². The van der Waals surface area contributed by atoms with E-state index in [2.05, 4.69) is 29.7 Å². The van der Waals surface area contributed by atoms with Crippen LogP contribution in [0.5, 0.6) is 0 Å². The summed E-state index contributed by atoms with van der Waals surface area (Å²) in [5.41, 5.74) is 7.73. The molecule has 0 radical (unpaired) electrons. The quantitative estimate of drug-likeness (QED) is 0.223. The summed E-state index contributed by atoms with van der Waals surface area (Å²) in [6.45, 7) is 9.57. The van der Waals surface area contributed by atoms with E-state index in [1.54, 1.807) is 0 Å². The van der Waals surface area contributed by atoms with E-state index in [4.69, 9.17) is 10.5 Å². The van der Waals surface area contributed by atoms with E-state index in [0.717, 1.165) is 44.9 Å². The number of carbonyl (C=O) groups excluding carboxylic acids is 3. The van der Waals surface area contributed by atoms with Crippen molar-refractivity contribution in [3.8, 4) is 0 Å². The lowest BCUT2D eigenvalue weighted by molar-refractivity contribution is -0.147. The molecule has 1 aliphatic rings. The van der Waals surface area contributed by atoms with E-state index in [1.165, 1.54) is 12.7 Å². The zero-order valence-corrected chi connectivity index (χ0v) is 25.4. The van der Waals surface area contributed by atoms with Crippen molar-refractivity contribution in [2.45, 2.75) is 116 Å². The number of amides is 2. The second-order valence-corrected chi connectivity index (χ2v) is 12.2. The number of carbonyl (C=O) groups is 3. The maximum Gasteiger partial charge on any atom is 0.328 e. The van der Waals surface area contributed by atoms with Gasteiger partial charge in [0.15, 0.2) is 0 Å². The Morgan fingerprint density at radius 1 is 1.00 bits per heavy atom. The third kappa shape index (κ3) is 9.58. The third-order valence-electron chi connectivity index (χ3n) is 8.47. The van der Waals surface area contributed by atoms with Gasteiger partial charge in [0.05, 0.1) is 13.2 Å². The molecule has 7 atom stereocenters. The van der Waals surface area contributed by atoms with E-state index in [1.807, 2.05) is 45.9 Å². The summed E-state index contributed by atoms with van der Waals surface area (Å²) in [6.07, 6.45) is 6.25. The molecule has 0 saturated heterocycles. The molecule has 1 aliphatic carbocycles. The van der Waals surface area contributed by atoms with Crippen molar-refractivity contribution in [1.29, 1.82) is 0 Å². The SMILES string of the molecule is CCCC(c1ccccc1)C(N)C(O)CCCC1CCC[C@H]1C(=O)N[C@@H](C(=O)NC(C(=O)OC)C(C)C)C(C)C. The standard InChI is InChI=1S/C32H53N3O5/c1-7-13-24(22-14-9-8-10-15-22)27(33)26(36)19-12-17-23-16-11-18-25(23)30(37)34-28(20(2)3)31(38)35-29(21(4)5)32(39)40-6/h8-10,14-15,20-21,23-29,36H,7,11-13,16-19,33H2,1-6H3,(H,34,37)(H,35,38)/t23?,24?,25-,26?,27?,28-,29?/m1/s1. The molecule has 0 bridgehead atoms. The van der Waals surface area contributed by atoms with Crippen molar-refractivity contribution in [1.82, 2.24) is 10.6 Å². The van der Waals surface area contributed by atoms with Gasteiger partial charge in [0.1, 0.15) is 12.1 Å². The molecule has 1 fully saturated rings. The number of benzene rings is 1. The highest BCUT2D eigenvalue weighted by Gasteiger charge is 2.37. The second-order valence-electron chi connectivity index (χ2n) is 12.2.